The number of ether oxygens (including phenoxy) is 2. The van der Waals surface area contributed by atoms with Crippen LogP contribution in [0.1, 0.15) is 63.0 Å². The minimum absolute atomic E-state index is 0.0370. The highest BCUT2D eigenvalue weighted by Crippen LogP contribution is 2.39. The van der Waals surface area contributed by atoms with Gasteiger partial charge in [-0.15, -0.1) is 0 Å². The molecule has 1 saturated carbocycles. The van der Waals surface area contributed by atoms with Gasteiger partial charge in [0.2, 0.25) is 5.91 Å². The molecular weight excluding hydrogens is 398 g/mol. The van der Waals surface area contributed by atoms with Crippen LogP contribution in [0, 0.1) is 0 Å². The Hall–Kier alpha value is -2.77. The largest absolute Gasteiger partial charge is 0.497 e. The number of hydrogen-bond acceptors (Lipinski definition) is 5. The molecule has 2 aliphatic heterocycles. The minimum Gasteiger partial charge on any atom is -0.497 e. The second-order valence-corrected chi connectivity index (χ2v) is 8.63. The summed E-state index contributed by atoms with van der Waals surface area (Å²) in [5.41, 5.74) is 0.259. The Labute approximate surface area is 182 Å². The van der Waals surface area contributed by atoms with E-state index in [4.69, 9.17) is 9.47 Å². The first-order chi connectivity index (χ1) is 15.0. The third-order valence-corrected chi connectivity index (χ3v) is 6.84. The van der Waals surface area contributed by atoms with Crippen molar-refractivity contribution in [2.75, 3.05) is 27.3 Å². The van der Waals surface area contributed by atoms with Crippen molar-refractivity contribution in [2.24, 2.45) is 0 Å². The van der Waals surface area contributed by atoms with Gasteiger partial charge in [-0.3, -0.25) is 14.5 Å². The molecule has 1 spiro atoms. The van der Waals surface area contributed by atoms with Gasteiger partial charge in [0.1, 0.15) is 17.0 Å². The number of urea groups is 1. The molecule has 0 bridgehead atoms. The van der Waals surface area contributed by atoms with Crippen molar-refractivity contribution in [1.82, 2.24) is 15.1 Å². The highest BCUT2D eigenvalue weighted by Gasteiger charge is 2.52. The Balaban J connectivity index is 1.38. The van der Waals surface area contributed by atoms with E-state index in [1.807, 2.05) is 23.1 Å². The number of carbonyl (C=O) groups excluding carboxylic acids is 3. The molecule has 168 valence electrons. The fraction of sp³-hybridized carbons (Fsp3) is 0.609. The van der Waals surface area contributed by atoms with Crippen LogP contribution in [0.3, 0.4) is 0 Å². The van der Waals surface area contributed by atoms with Crippen molar-refractivity contribution in [3.05, 3.63) is 23.8 Å². The van der Waals surface area contributed by atoms with Gasteiger partial charge in [0, 0.05) is 25.1 Å². The van der Waals surface area contributed by atoms with Crippen LogP contribution in [0.15, 0.2) is 18.2 Å². The highest BCUT2D eigenvalue weighted by atomic mass is 16.5. The molecule has 8 nitrogen and oxygen atoms in total. The van der Waals surface area contributed by atoms with E-state index in [-0.39, 0.29) is 30.4 Å². The standard InChI is InChI=1S/C23H31N3O5/c1-30-16-9-10-19(31-2)17(15-16)18-7-5-13-25(18)20(27)8-6-14-26-21(28)23(24-22(26)29)11-3-4-12-23/h9-10,15,18H,3-8,11-14H2,1-2H3,(H,24,29)/t18-/m1/s1. The lowest BCUT2D eigenvalue weighted by atomic mass is 9.98. The maximum absolute atomic E-state index is 13.0. The van der Waals surface area contributed by atoms with Crippen molar-refractivity contribution >= 4 is 17.8 Å². The van der Waals surface area contributed by atoms with Crippen molar-refractivity contribution < 1.29 is 23.9 Å². The van der Waals surface area contributed by atoms with Crippen LogP contribution in [0.2, 0.25) is 0 Å². The summed E-state index contributed by atoms with van der Waals surface area (Å²) < 4.78 is 10.9. The molecule has 4 rings (SSSR count). The molecule has 1 aliphatic carbocycles. The number of likely N-dealkylation sites (tertiary alicyclic amines) is 1. The predicted molar refractivity (Wildman–Crippen MR) is 114 cm³/mol. The molecule has 1 aromatic carbocycles. The molecule has 1 atom stereocenters. The number of methoxy groups -OCH3 is 2. The monoisotopic (exact) mass is 429 g/mol. The number of hydrogen-bond donors (Lipinski definition) is 1. The second kappa shape index (κ2) is 8.77. The van der Waals surface area contributed by atoms with Crippen molar-refractivity contribution in [3.8, 4) is 11.5 Å². The lowest BCUT2D eigenvalue weighted by Crippen LogP contribution is -2.44. The van der Waals surface area contributed by atoms with Gasteiger partial charge in [-0.2, -0.15) is 0 Å². The van der Waals surface area contributed by atoms with Crippen molar-refractivity contribution in [1.29, 1.82) is 0 Å². The van der Waals surface area contributed by atoms with Gasteiger partial charge in [-0.05, 0) is 50.3 Å². The summed E-state index contributed by atoms with van der Waals surface area (Å²) in [6.45, 7) is 0.968. The lowest BCUT2D eigenvalue weighted by molar-refractivity contribution is -0.134. The van der Waals surface area contributed by atoms with Crippen LogP contribution in [0.4, 0.5) is 4.79 Å². The summed E-state index contributed by atoms with van der Waals surface area (Å²) in [4.78, 5) is 41.3. The van der Waals surface area contributed by atoms with Crippen LogP contribution < -0.4 is 14.8 Å². The molecule has 3 fully saturated rings. The Morgan fingerprint density at radius 3 is 2.65 bits per heavy atom. The van der Waals surface area contributed by atoms with E-state index in [2.05, 4.69) is 5.32 Å². The maximum Gasteiger partial charge on any atom is 0.325 e. The summed E-state index contributed by atoms with van der Waals surface area (Å²) in [5.74, 6) is 1.39. The Kier molecular flexibility index (Phi) is 6.07. The first-order valence-electron chi connectivity index (χ1n) is 11.1. The van der Waals surface area contributed by atoms with Crippen molar-refractivity contribution in [3.63, 3.8) is 0 Å². The third kappa shape index (κ3) is 3.95. The van der Waals surface area contributed by atoms with E-state index in [0.29, 0.717) is 32.2 Å². The zero-order chi connectivity index (χ0) is 22.0. The average molecular weight is 430 g/mol. The van der Waals surface area contributed by atoms with Gasteiger partial charge in [-0.1, -0.05) is 12.8 Å². The fourth-order valence-corrected chi connectivity index (χ4v) is 5.22. The number of rotatable bonds is 7. The molecule has 2 saturated heterocycles. The van der Waals surface area contributed by atoms with E-state index in [0.717, 1.165) is 42.7 Å². The summed E-state index contributed by atoms with van der Waals surface area (Å²) in [5, 5.41) is 2.89. The maximum atomic E-state index is 13.0. The van der Waals surface area contributed by atoms with Crippen LogP contribution in [0.25, 0.3) is 0 Å². The molecule has 8 heteroatoms. The summed E-state index contributed by atoms with van der Waals surface area (Å²) >= 11 is 0. The molecule has 4 amide bonds. The van der Waals surface area contributed by atoms with E-state index < -0.39 is 5.54 Å². The molecule has 0 radical (unpaired) electrons. The van der Waals surface area contributed by atoms with E-state index in [1.165, 1.54) is 4.90 Å². The molecule has 1 N–H and O–H groups in total. The van der Waals surface area contributed by atoms with Gasteiger partial charge in [0.25, 0.3) is 5.91 Å². The minimum atomic E-state index is -0.690. The Bertz CT molecular complexity index is 865. The number of nitrogens with zero attached hydrogens (tertiary/aromatic N) is 2. The molecular formula is C23H31N3O5. The molecule has 3 aliphatic rings. The van der Waals surface area contributed by atoms with Crippen LogP contribution >= 0.6 is 0 Å². The number of nitrogens with one attached hydrogen (secondary N) is 1. The van der Waals surface area contributed by atoms with Crippen LogP contribution in [-0.2, 0) is 9.59 Å². The second-order valence-electron chi connectivity index (χ2n) is 8.63. The van der Waals surface area contributed by atoms with Gasteiger partial charge in [0.05, 0.1) is 20.3 Å². The Morgan fingerprint density at radius 1 is 1.16 bits per heavy atom. The zero-order valence-electron chi connectivity index (χ0n) is 18.3. The van der Waals surface area contributed by atoms with E-state index in [1.54, 1.807) is 14.2 Å². The molecule has 0 unspecified atom stereocenters. The molecule has 1 aromatic rings. The molecule has 0 aromatic heterocycles. The normalized spacial score (nSPS) is 22.3. The SMILES string of the molecule is COc1ccc(OC)c([C@H]2CCCN2C(=O)CCCN2C(=O)NC3(CCCC3)C2=O)c1. The fourth-order valence-electron chi connectivity index (χ4n) is 5.22. The summed E-state index contributed by atoms with van der Waals surface area (Å²) in [7, 11) is 3.25. The van der Waals surface area contributed by atoms with Gasteiger partial charge in [0.15, 0.2) is 0 Å². The lowest BCUT2D eigenvalue weighted by Gasteiger charge is -2.27. The first kappa shape index (κ1) is 21.5. The highest BCUT2D eigenvalue weighted by molar-refractivity contribution is 6.07. The third-order valence-electron chi connectivity index (χ3n) is 6.84. The predicted octanol–water partition coefficient (Wildman–Crippen LogP) is 3.01. The van der Waals surface area contributed by atoms with Gasteiger partial charge < -0.3 is 19.7 Å². The number of amides is 4. The van der Waals surface area contributed by atoms with Gasteiger partial charge in [-0.25, -0.2) is 4.79 Å². The molecule has 2 heterocycles. The van der Waals surface area contributed by atoms with Gasteiger partial charge >= 0.3 is 6.03 Å². The number of imide groups is 1. The van der Waals surface area contributed by atoms with Crippen molar-refractivity contribution in [2.45, 2.75) is 62.9 Å². The smallest absolute Gasteiger partial charge is 0.325 e. The topological polar surface area (TPSA) is 88.2 Å². The zero-order valence-corrected chi connectivity index (χ0v) is 18.3. The number of carbonyl (C=O) groups is 3. The summed E-state index contributed by atoms with van der Waals surface area (Å²) in [6.07, 6.45) is 5.90. The summed E-state index contributed by atoms with van der Waals surface area (Å²) in [6, 6.07) is 5.27. The van der Waals surface area contributed by atoms with E-state index in [9.17, 15) is 14.4 Å². The Morgan fingerprint density at radius 2 is 1.94 bits per heavy atom. The first-order valence-corrected chi connectivity index (χ1v) is 11.1. The number of benzene rings is 1. The van der Waals surface area contributed by atoms with Crippen LogP contribution in [0.5, 0.6) is 11.5 Å². The van der Waals surface area contributed by atoms with E-state index >= 15 is 0 Å². The quantitative estimate of drug-likeness (QED) is 0.673. The van der Waals surface area contributed by atoms with Crippen LogP contribution in [-0.4, -0.2) is 60.5 Å². The average Bonchev–Trinajstić information content (AvgIpc) is 3.50. The molecule has 31 heavy (non-hydrogen) atoms.